The highest BCUT2D eigenvalue weighted by Crippen LogP contribution is 2.43. The number of nitrogens with one attached hydrogen (secondary N) is 2. The van der Waals surface area contributed by atoms with E-state index in [0.29, 0.717) is 45.0 Å². The summed E-state index contributed by atoms with van der Waals surface area (Å²) in [6.45, 7) is 3.76. The van der Waals surface area contributed by atoms with Crippen LogP contribution in [0.4, 0.5) is 23.8 Å². The summed E-state index contributed by atoms with van der Waals surface area (Å²) < 4.78 is 47.1. The third-order valence-electron chi connectivity index (χ3n) is 5.01. The summed E-state index contributed by atoms with van der Waals surface area (Å²) in [5.74, 6) is 1.07. The maximum atomic E-state index is 13.3. The highest BCUT2D eigenvalue weighted by Gasteiger charge is 2.34. The van der Waals surface area contributed by atoms with Crippen LogP contribution in [0.5, 0.6) is 0 Å². The second kappa shape index (κ2) is 9.90. The van der Waals surface area contributed by atoms with Gasteiger partial charge in [0.15, 0.2) is 11.5 Å². The number of hydrogen-bond donors (Lipinski definition) is 2. The van der Waals surface area contributed by atoms with E-state index in [-0.39, 0.29) is 16.7 Å². The SMILES string of the molecule is CCNC(=O)Nc1cc(-c2nc(C(F)(F)F)cs2)c(-c2nc(-c3ncnn3C)c(-c3nnc(C)o3)s2)cn1. The molecule has 0 radical (unpaired) electrons. The molecule has 12 nitrogen and oxygen atoms in total. The van der Waals surface area contributed by atoms with E-state index < -0.39 is 17.9 Å². The number of amides is 2. The standard InChI is InChI=1S/C21H17F3N10O2S2/c1-4-25-20(35)30-13-5-10(18-29-12(7-37-18)21(22,23)24)11(6-26-13)19-31-14(16-27-8-28-34(16)3)15(38-19)17-33-32-9(2)36-17/h5-8H,4H2,1-3H3,(H2,25,26,30,35). The first-order chi connectivity index (χ1) is 18.1. The summed E-state index contributed by atoms with van der Waals surface area (Å²) in [6.07, 6.45) is -1.85. The lowest BCUT2D eigenvalue weighted by atomic mass is 10.1. The van der Waals surface area contributed by atoms with Gasteiger partial charge in [0.1, 0.15) is 32.7 Å². The molecule has 0 aromatic carbocycles. The maximum absolute atomic E-state index is 13.3. The molecule has 0 fully saturated rings. The van der Waals surface area contributed by atoms with Crippen LogP contribution in [0.1, 0.15) is 18.5 Å². The van der Waals surface area contributed by atoms with Crippen molar-refractivity contribution in [2.45, 2.75) is 20.0 Å². The molecule has 0 spiro atoms. The fourth-order valence-electron chi connectivity index (χ4n) is 3.35. The summed E-state index contributed by atoms with van der Waals surface area (Å²) in [5.41, 5.74) is 0.0305. The number of aryl methyl sites for hydroxylation is 2. The summed E-state index contributed by atoms with van der Waals surface area (Å²) in [4.78, 5) is 29.6. The van der Waals surface area contributed by atoms with E-state index in [9.17, 15) is 18.0 Å². The molecule has 196 valence electrons. The first-order valence-corrected chi connectivity index (χ1v) is 12.6. The van der Waals surface area contributed by atoms with Gasteiger partial charge in [0.05, 0.1) is 0 Å². The lowest BCUT2D eigenvalue weighted by molar-refractivity contribution is -0.140. The largest absolute Gasteiger partial charge is 0.434 e. The van der Waals surface area contributed by atoms with Gasteiger partial charge in [0, 0.05) is 43.2 Å². The Bertz CT molecular complexity index is 1620. The van der Waals surface area contributed by atoms with Crippen molar-refractivity contribution in [3.05, 3.63) is 35.6 Å². The zero-order chi connectivity index (χ0) is 27.0. The quantitative estimate of drug-likeness (QED) is 0.302. The zero-order valence-corrected chi connectivity index (χ0v) is 21.5. The Labute approximate surface area is 220 Å². The van der Waals surface area contributed by atoms with Gasteiger partial charge < -0.3 is 9.73 Å². The summed E-state index contributed by atoms with van der Waals surface area (Å²) in [7, 11) is 1.69. The molecule has 38 heavy (non-hydrogen) atoms. The number of carbonyl (C=O) groups is 1. The summed E-state index contributed by atoms with van der Waals surface area (Å²) in [6, 6.07) is 0.936. The Morgan fingerprint density at radius 2 is 1.97 bits per heavy atom. The van der Waals surface area contributed by atoms with Gasteiger partial charge in [-0.1, -0.05) is 0 Å². The fraction of sp³-hybridized carbons (Fsp3) is 0.238. The third-order valence-corrected chi connectivity index (χ3v) is 6.96. The van der Waals surface area contributed by atoms with Gasteiger partial charge in [0.2, 0.25) is 5.89 Å². The first kappa shape index (κ1) is 25.4. The molecule has 0 unspecified atom stereocenters. The lowest BCUT2D eigenvalue weighted by Crippen LogP contribution is -2.28. The highest BCUT2D eigenvalue weighted by molar-refractivity contribution is 7.19. The van der Waals surface area contributed by atoms with Gasteiger partial charge in [0.25, 0.3) is 5.89 Å². The van der Waals surface area contributed by atoms with Crippen LogP contribution in [0.15, 0.2) is 28.4 Å². The Kier molecular flexibility index (Phi) is 6.62. The van der Waals surface area contributed by atoms with Crippen LogP contribution in [-0.2, 0) is 13.2 Å². The van der Waals surface area contributed by atoms with Crippen LogP contribution in [0.25, 0.3) is 43.4 Å². The summed E-state index contributed by atoms with van der Waals surface area (Å²) in [5, 5.41) is 18.6. The van der Waals surface area contributed by atoms with Gasteiger partial charge in [-0.2, -0.15) is 18.3 Å². The van der Waals surface area contributed by atoms with Crippen molar-refractivity contribution in [2.75, 3.05) is 11.9 Å². The van der Waals surface area contributed by atoms with E-state index in [1.807, 2.05) is 0 Å². The van der Waals surface area contributed by atoms with E-state index in [4.69, 9.17) is 9.40 Å². The average molecular weight is 563 g/mol. The highest BCUT2D eigenvalue weighted by atomic mass is 32.1. The van der Waals surface area contributed by atoms with Crippen molar-refractivity contribution >= 4 is 34.5 Å². The predicted octanol–water partition coefficient (Wildman–Crippen LogP) is 4.64. The van der Waals surface area contributed by atoms with Crippen LogP contribution < -0.4 is 10.6 Å². The smallest absolute Gasteiger partial charge is 0.420 e. The first-order valence-electron chi connectivity index (χ1n) is 10.9. The Balaban J connectivity index is 1.68. The van der Waals surface area contributed by atoms with E-state index in [0.717, 1.165) is 28.1 Å². The second-order valence-corrected chi connectivity index (χ2v) is 9.52. The molecule has 0 atom stereocenters. The van der Waals surface area contributed by atoms with Gasteiger partial charge in [-0.3, -0.25) is 5.32 Å². The van der Waals surface area contributed by atoms with Crippen molar-refractivity contribution in [1.82, 2.24) is 45.2 Å². The molecule has 2 amide bonds. The number of urea groups is 1. The van der Waals surface area contributed by atoms with Crippen LogP contribution in [-0.4, -0.2) is 52.5 Å². The molecule has 2 N–H and O–H groups in total. The lowest BCUT2D eigenvalue weighted by Gasteiger charge is -2.09. The molecule has 0 bridgehead atoms. The number of carbonyl (C=O) groups excluding carboxylic acids is 1. The molecular weight excluding hydrogens is 545 g/mol. The fourth-order valence-corrected chi connectivity index (χ4v) is 5.21. The summed E-state index contributed by atoms with van der Waals surface area (Å²) >= 11 is 1.97. The molecule has 0 aliphatic carbocycles. The van der Waals surface area contributed by atoms with Crippen molar-refractivity contribution in [3.8, 4) is 43.4 Å². The number of anilines is 1. The third kappa shape index (κ3) is 4.97. The number of aromatic nitrogens is 8. The van der Waals surface area contributed by atoms with Crippen molar-refractivity contribution in [3.63, 3.8) is 0 Å². The van der Waals surface area contributed by atoms with Gasteiger partial charge in [-0.15, -0.1) is 32.9 Å². The molecule has 5 heterocycles. The van der Waals surface area contributed by atoms with Gasteiger partial charge in [-0.05, 0) is 13.0 Å². The monoisotopic (exact) mass is 562 g/mol. The molecule has 5 aromatic heterocycles. The molecule has 0 aliphatic heterocycles. The number of pyridine rings is 1. The number of hydrogen-bond acceptors (Lipinski definition) is 11. The zero-order valence-electron chi connectivity index (χ0n) is 19.9. The normalized spacial score (nSPS) is 11.6. The van der Waals surface area contributed by atoms with Crippen LogP contribution in [0.3, 0.4) is 0 Å². The molecule has 17 heteroatoms. The Hall–Kier alpha value is -4.25. The minimum atomic E-state index is -4.62. The van der Waals surface area contributed by atoms with Crippen LogP contribution in [0, 0.1) is 6.92 Å². The van der Waals surface area contributed by atoms with Crippen molar-refractivity contribution < 1.29 is 22.4 Å². The van der Waals surface area contributed by atoms with E-state index in [2.05, 4.69) is 40.9 Å². The molecule has 5 aromatic rings. The number of rotatable bonds is 6. The van der Waals surface area contributed by atoms with Gasteiger partial charge in [-0.25, -0.2) is 29.4 Å². The predicted molar refractivity (Wildman–Crippen MR) is 132 cm³/mol. The average Bonchev–Trinajstić information content (AvgIpc) is 3.65. The minimum absolute atomic E-state index is 0.0688. The topological polar surface area (TPSA) is 149 Å². The maximum Gasteiger partial charge on any atom is 0.434 e. The second-order valence-electron chi connectivity index (χ2n) is 7.67. The van der Waals surface area contributed by atoms with E-state index in [1.54, 1.807) is 20.9 Å². The minimum Gasteiger partial charge on any atom is -0.420 e. The van der Waals surface area contributed by atoms with E-state index in [1.165, 1.54) is 23.3 Å². The Morgan fingerprint density at radius 3 is 2.61 bits per heavy atom. The molecule has 0 saturated heterocycles. The van der Waals surface area contributed by atoms with Gasteiger partial charge >= 0.3 is 12.2 Å². The number of alkyl halides is 3. The van der Waals surface area contributed by atoms with Crippen molar-refractivity contribution in [1.29, 1.82) is 0 Å². The van der Waals surface area contributed by atoms with E-state index >= 15 is 0 Å². The van der Waals surface area contributed by atoms with Crippen LogP contribution >= 0.6 is 22.7 Å². The van der Waals surface area contributed by atoms with Crippen molar-refractivity contribution in [2.24, 2.45) is 7.05 Å². The molecular formula is C21H17F3N10O2S2. The van der Waals surface area contributed by atoms with Crippen LogP contribution in [0.2, 0.25) is 0 Å². The number of thiazole rings is 2. The molecule has 0 aliphatic rings. The Morgan fingerprint density at radius 1 is 1.16 bits per heavy atom. The number of halogens is 3. The number of nitrogens with zero attached hydrogens (tertiary/aromatic N) is 8. The molecule has 0 saturated carbocycles. The molecule has 5 rings (SSSR count).